The molecule has 0 atom stereocenters. The SMILES string of the molecule is CCc1c(-c2ccccn2)nc2cc(F)cc(F)c2c1Cl. The van der Waals surface area contributed by atoms with Gasteiger partial charge in [-0.05, 0) is 24.1 Å². The van der Waals surface area contributed by atoms with Gasteiger partial charge in [-0.1, -0.05) is 24.6 Å². The Labute approximate surface area is 125 Å². The molecule has 0 radical (unpaired) electrons. The molecule has 2 nitrogen and oxygen atoms in total. The average molecular weight is 305 g/mol. The standard InChI is InChI=1S/C16H11ClF2N2/c1-2-10-15(17)14-11(19)7-9(18)8-13(14)21-16(10)12-5-3-4-6-20-12/h3-8H,2H2,1H3. The molecule has 106 valence electrons. The molecule has 0 aliphatic rings. The van der Waals surface area contributed by atoms with Gasteiger partial charge in [0.15, 0.2) is 0 Å². The molecule has 21 heavy (non-hydrogen) atoms. The Morgan fingerprint density at radius 3 is 2.67 bits per heavy atom. The molecule has 3 rings (SSSR count). The smallest absolute Gasteiger partial charge is 0.137 e. The lowest BCUT2D eigenvalue weighted by atomic mass is 10.0. The van der Waals surface area contributed by atoms with Crippen LogP contribution in [0.1, 0.15) is 12.5 Å². The number of hydrogen-bond donors (Lipinski definition) is 0. The molecule has 0 fully saturated rings. The van der Waals surface area contributed by atoms with E-state index in [1.54, 1.807) is 18.3 Å². The minimum Gasteiger partial charge on any atom is -0.255 e. The van der Waals surface area contributed by atoms with E-state index >= 15 is 0 Å². The number of hydrogen-bond acceptors (Lipinski definition) is 2. The number of halogens is 3. The molecule has 1 aromatic carbocycles. The molecule has 5 heteroatoms. The molecular formula is C16H11ClF2N2. The number of pyridine rings is 2. The van der Waals surface area contributed by atoms with Crippen molar-refractivity contribution in [3.63, 3.8) is 0 Å². The van der Waals surface area contributed by atoms with Crippen LogP contribution < -0.4 is 0 Å². The molecule has 0 aliphatic carbocycles. The third-order valence-electron chi connectivity index (χ3n) is 3.30. The molecule has 0 amide bonds. The van der Waals surface area contributed by atoms with Crippen LogP contribution in [0.25, 0.3) is 22.3 Å². The predicted molar refractivity (Wildman–Crippen MR) is 79.3 cm³/mol. The molecular weight excluding hydrogens is 294 g/mol. The molecule has 0 bridgehead atoms. The fourth-order valence-corrected chi connectivity index (χ4v) is 2.76. The molecule has 0 spiro atoms. The van der Waals surface area contributed by atoms with E-state index in [0.717, 1.165) is 6.07 Å². The normalized spacial score (nSPS) is 11.0. The van der Waals surface area contributed by atoms with Crippen LogP contribution >= 0.6 is 11.6 Å². The zero-order chi connectivity index (χ0) is 15.0. The first kappa shape index (κ1) is 13.9. The average Bonchev–Trinajstić information content (AvgIpc) is 2.47. The lowest BCUT2D eigenvalue weighted by molar-refractivity contribution is 0.591. The zero-order valence-electron chi connectivity index (χ0n) is 11.2. The van der Waals surface area contributed by atoms with E-state index in [9.17, 15) is 8.78 Å². The number of nitrogens with zero attached hydrogens (tertiary/aromatic N) is 2. The quantitative estimate of drug-likeness (QED) is 0.680. The van der Waals surface area contributed by atoms with Gasteiger partial charge in [-0.2, -0.15) is 0 Å². The number of aromatic nitrogens is 2. The van der Waals surface area contributed by atoms with Crippen molar-refractivity contribution in [2.45, 2.75) is 13.3 Å². The summed E-state index contributed by atoms with van der Waals surface area (Å²) in [6.07, 6.45) is 2.21. The van der Waals surface area contributed by atoms with Gasteiger partial charge in [0.25, 0.3) is 0 Å². The first-order valence-corrected chi connectivity index (χ1v) is 6.88. The minimum atomic E-state index is -0.704. The Balaban J connectivity index is 2.41. The molecule has 0 N–H and O–H groups in total. The second-order valence-corrected chi connectivity index (χ2v) is 4.98. The summed E-state index contributed by atoms with van der Waals surface area (Å²) in [6.45, 7) is 1.91. The van der Waals surface area contributed by atoms with Gasteiger partial charge in [0.05, 0.1) is 27.3 Å². The van der Waals surface area contributed by atoms with Gasteiger partial charge in [0.1, 0.15) is 11.6 Å². The van der Waals surface area contributed by atoms with Crippen molar-refractivity contribution in [3.05, 3.63) is 58.7 Å². The minimum absolute atomic E-state index is 0.148. The van der Waals surface area contributed by atoms with Crippen molar-refractivity contribution in [1.29, 1.82) is 0 Å². The van der Waals surface area contributed by atoms with E-state index in [0.29, 0.717) is 23.4 Å². The van der Waals surface area contributed by atoms with Crippen molar-refractivity contribution in [2.75, 3.05) is 0 Å². The Bertz CT molecular complexity index is 820. The molecule has 3 aromatic rings. The van der Waals surface area contributed by atoms with Gasteiger partial charge in [0, 0.05) is 18.3 Å². The van der Waals surface area contributed by atoms with Gasteiger partial charge in [-0.3, -0.25) is 4.98 Å². The van der Waals surface area contributed by atoms with Crippen LogP contribution in [0.2, 0.25) is 5.02 Å². The fraction of sp³-hybridized carbons (Fsp3) is 0.125. The first-order valence-electron chi connectivity index (χ1n) is 6.50. The van der Waals surface area contributed by atoms with Crippen molar-refractivity contribution < 1.29 is 8.78 Å². The van der Waals surface area contributed by atoms with E-state index in [-0.39, 0.29) is 15.9 Å². The van der Waals surface area contributed by atoms with Crippen molar-refractivity contribution >= 4 is 22.5 Å². The molecule has 0 unspecified atom stereocenters. The van der Waals surface area contributed by atoms with E-state index in [1.165, 1.54) is 6.07 Å². The maximum Gasteiger partial charge on any atom is 0.137 e. The fourth-order valence-electron chi connectivity index (χ4n) is 2.35. The van der Waals surface area contributed by atoms with Crippen molar-refractivity contribution in [3.8, 4) is 11.4 Å². The van der Waals surface area contributed by atoms with Gasteiger partial charge in [-0.25, -0.2) is 13.8 Å². The summed E-state index contributed by atoms with van der Waals surface area (Å²) < 4.78 is 27.4. The van der Waals surface area contributed by atoms with Crippen molar-refractivity contribution in [1.82, 2.24) is 9.97 Å². The molecule has 0 saturated carbocycles. The van der Waals surface area contributed by atoms with Crippen LogP contribution in [0.4, 0.5) is 8.78 Å². The summed E-state index contributed by atoms with van der Waals surface area (Å²) >= 11 is 6.32. The maximum atomic E-state index is 14.0. The number of fused-ring (bicyclic) bond motifs is 1. The monoisotopic (exact) mass is 304 g/mol. The maximum absolute atomic E-state index is 14.0. The summed E-state index contributed by atoms with van der Waals surface area (Å²) in [7, 11) is 0. The topological polar surface area (TPSA) is 25.8 Å². The number of benzene rings is 1. The summed E-state index contributed by atoms with van der Waals surface area (Å²) in [5.74, 6) is -1.38. The van der Waals surface area contributed by atoms with Gasteiger partial charge >= 0.3 is 0 Å². The first-order chi connectivity index (χ1) is 10.1. The highest BCUT2D eigenvalue weighted by Gasteiger charge is 2.18. The molecule has 2 heterocycles. The van der Waals surface area contributed by atoms with Crippen LogP contribution in [0, 0.1) is 11.6 Å². The number of rotatable bonds is 2. The van der Waals surface area contributed by atoms with E-state index in [1.807, 2.05) is 13.0 Å². The highest BCUT2D eigenvalue weighted by molar-refractivity contribution is 6.36. The largest absolute Gasteiger partial charge is 0.255 e. The Kier molecular flexibility index (Phi) is 3.55. The third kappa shape index (κ3) is 2.36. The van der Waals surface area contributed by atoms with Gasteiger partial charge < -0.3 is 0 Å². The molecule has 0 aliphatic heterocycles. The molecule has 0 saturated heterocycles. The third-order valence-corrected chi connectivity index (χ3v) is 3.71. The Morgan fingerprint density at radius 1 is 1.19 bits per heavy atom. The molecule has 2 aromatic heterocycles. The van der Waals surface area contributed by atoms with Crippen LogP contribution in [0.5, 0.6) is 0 Å². The lowest BCUT2D eigenvalue weighted by Gasteiger charge is -2.12. The van der Waals surface area contributed by atoms with Crippen LogP contribution in [0.15, 0.2) is 36.5 Å². The summed E-state index contributed by atoms with van der Waals surface area (Å²) in [4.78, 5) is 8.61. The summed E-state index contributed by atoms with van der Waals surface area (Å²) in [5.41, 5.74) is 2.08. The summed E-state index contributed by atoms with van der Waals surface area (Å²) in [6, 6.07) is 7.40. The second kappa shape index (κ2) is 5.37. The lowest BCUT2D eigenvalue weighted by Crippen LogP contribution is -1.99. The van der Waals surface area contributed by atoms with Gasteiger partial charge in [0.2, 0.25) is 0 Å². The van der Waals surface area contributed by atoms with E-state index in [2.05, 4.69) is 9.97 Å². The summed E-state index contributed by atoms with van der Waals surface area (Å²) in [5, 5.41) is 0.412. The van der Waals surface area contributed by atoms with Gasteiger partial charge in [-0.15, -0.1) is 0 Å². The highest BCUT2D eigenvalue weighted by Crippen LogP contribution is 2.34. The second-order valence-electron chi connectivity index (χ2n) is 4.60. The van der Waals surface area contributed by atoms with Crippen LogP contribution in [-0.2, 0) is 6.42 Å². The predicted octanol–water partition coefficient (Wildman–Crippen LogP) is 4.79. The van der Waals surface area contributed by atoms with Crippen molar-refractivity contribution in [2.24, 2.45) is 0 Å². The van der Waals surface area contributed by atoms with E-state index < -0.39 is 11.6 Å². The highest BCUT2D eigenvalue weighted by atomic mass is 35.5. The zero-order valence-corrected chi connectivity index (χ0v) is 12.0. The van der Waals surface area contributed by atoms with E-state index in [4.69, 9.17) is 11.6 Å². The Hall–Kier alpha value is -2.07. The van der Waals surface area contributed by atoms with Crippen LogP contribution in [0.3, 0.4) is 0 Å². The Morgan fingerprint density at radius 2 is 2.00 bits per heavy atom. The van der Waals surface area contributed by atoms with Crippen LogP contribution in [-0.4, -0.2) is 9.97 Å².